The highest BCUT2D eigenvalue weighted by Crippen LogP contribution is 2.21. The highest BCUT2D eigenvalue weighted by atomic mass is 32.3. The van der Waals surface area contributed by atoms with Crippen LogP contribution < -0.4 is 4.18 Å². The first-order valence-electron chi connectivity index (χ1n) is 3.87. The van der Waals surface area contributed by atoms with Crippen LogP contribution in [0.25, 0.3) is 0 Å². The van der Waals surface area contributed by atoms with Crippen molar-refractivity contribution in [1.29, 1.82) is 0 Å². The first-order chi connectivity index (χ1) is 6.42. The van der Waals surface area contributed by atoms with Gasteiger partial charge in [0.1, 0.15) is 11.6 Å². The number of rotatable bonds is 3. The lowest BCUT2D eigenvalue weighted by atomic mass is 10.1. The minimum atomic E-state index is -4.55. The second-order valence-electron chi connectivity index (χ2n) is 2.62. The standard InChI is InChI=1S/C8H9FO4S/c1-2-6-5-7(9)3-4-8(6)13-14(10,11)12/h3-5H,2H2,1H3,(H,10,11,12). The van der Waals surface area contributed by atoms with Gasteiger partial charge in [0, 0.05) is 0 Å². The molecule has 0 heterocycles. The predicted molar refractivity (Wildman–Crippen MR) is 48.0 cm³/mol. The van der Waals surface area contributed by atoms with Crippen molar-refractivity contribution in [2.45, 2.75) is 13.3 Å². The molecule has 0 aliphatic rings. The van der Waals surface area contributed by atoms with Gasteiger partial charge < -0.3 is 4.18 Å². The third-order valence-corrected chi connectivity index (χ3v) is 1.99. The Morgan fingerprint density at radius 2 is 2.14 bits per heavy atom. The molecule has 0 aromatic heterocycles. The van der Waals surface area contributed by atoms with Gasteiger partial charge in [0.2, 0.25) is 0 Å². The fourth-order valence-electron chi connectivity index (χ4n) is 1.02. The molecule has 0 radical (unpaired) electrons. The summed E-state index contributed by atoms with van der Waals surface area (Å²) in [5.74, 6) is -0.541. The summed E-state index contributed by atoms with van der Waals surface area (Å²) >= 11 is 0. The molecular formula is C8H9FO4S. The van der Waals surface area contributed by atoms with Crippen LogP contribution in [0, 0.1) is 5.82 Å². The number of hydrogen-bond acceptors (Lipinski definition) is 3. The Hall–Kier alpha value is -1.14. The van der Waals surface area contributed by atoms with Crippen molar-refractivity contribution in [1.82, 2.24) is 0 Å². The van der Waals surface area contributed by atoms with Gasteiger partial charge in [-0.3, -0.25) is 4.55 Å². The van der Waals surface area contributed by atoms with Gasteiger partial charge in [0.25, 0.3) is 0 Å². The predicted octanol–water partition coefficient (Wildman–Crippen LogP) is 1.57. The van der Waals surface area contributed by atoms with Gasteiger partial charge in [0.15, 0.2) is 0 Å². The normalized spacial score (nSPS) is 11.4. The number of halogens is 1. The summed E-state index contributed by atoms with van der Waals surface area (Å²) in [5.41, 5.74) is 0.377. The Kier molecular flexibility index (Phi) is 3.07. The summed E-state index contributed by atoms with van der Waals surface area (Å²) in [4.78, 5) is 0. The van der Waals surface area contributed by atoms with Gasteiger partial charge in [-0.25, -0.2) is 4.39 Å². The van der Waals surface area contributed by atoms with Gasteiger partial charge in [-0.2, -0.15) is 8.42 Å². The van der Waals surface area contributed by atoms with Gasteiger partial charge in [-0.1, -0.05) is 6.92 Å². The van der Waals surface area contributed by atoms with Crippen LogP contribution in [0.2, 0.25) is 0 Å². The number of benzene rings is 1. The Bertz CT molecular complexity index is 427. The van der Waals surface area contributed by atoms with E-state index in [9.17, 15) is 12.8 Å². The van der Waals surface area contributed by atoms with Gasteiger partial charge >= 0.3 is 10.4 Å². The smallest absolute Gasteiger partial charge is 0.362 e. The molecule has 0 aliphatic heterocycles. The molecule has 0 bridgehead atoms. The third-order valence-electron chi connectivity index (χ3n) is 1.60. The lowest BCUT2D eigenvalue weighted by molar-refractivity contribution is 0.385. The maximum absolute atomic E-state index is 12.7. The molecule has 6 heteroatoms. The molecule has 0 aliphatic carbocycles. The largest absolute Gasteiger partial charge is 0.446 e. The summed E-state index contributed by atoms with van der Waals surface area (Å²) in [6.45, 7) is 1.71. The van der Waals surface area contributed by atoms with E-state index in [0.29, 0.717) is 12.0 Å². The molecule has 78 valence electrons. The second kappa shape index (κ2) is 3.93. The van der Waals surface area contributed by atoms with Gasteiger partial charge in [0.05, 0.1) is 0 Å². The van der Waals surface area contributed by atoms with Crippen molar-refractivity contribution in [3.05, 3.63) is 29.6 Å². The van der Waals surface area contributed by atoms with E-state index in [-0.39, 0.29) is 5.75 Å². The van der Waals surface area contributed by atoms with E-state index in [0.717, 1.165) is 18.2 Å². The Balaban J connectivity index is 3.09. The van der Waals surface area contributed by atoms with Crippen LogP contribution in [-0.4, -0.2) is 13.0 Å². The third kappa shape index (κ3) is 2.97. The number of hydrogen-bond donors (Lipinski definition) is 1. The molecular weight excluding hydrogens is 211 g/mol. The Labute approximate surface area is 81.3 Å². The molecule has 1 aromatic rings. The molecule has 0 saturated heterocycles. The average molecular weight is 220 g/mol. The van der Waals surface area contributed by atoms with E-state index in [1.54, 1.807) is 6.92 Å². The summed E-state index contributed by atoms with van der Waals surface area (Å²) < 4.78 is 46.1. The van der Waals surface area contributed by atoms with Crippen molar-refractivity contribution in [2.75, 3.05) is 0 Å². The van der Waals surface area contributed by atoms with E-state index in [4.69, 9.17) is 4.55 Å². The minimum absolute atomic E-state index is 0.0589. The quantitative estimate of drug-likeness (QED) is 0.785. The molecule has 14 heavy (non-hydrogen) atoms. The van der Waals surface area contributed by atoms with Crippen molar-refractivity contribution in [2.24, 2.45) is 0 Å². The minimum Gasteiger partial charge on any atom is -0.362 e. The van der Waals surface area contributed by atoms with Crippen LogP contribution in [0.5, 0.6) is 5.75 Å². The molecule has 0 unspecified atom stereocenters. The van der Waals surface area contributed by atoms with Crippen LogP contribution >= 0.6 is 0 Å². The lowest BCUT2D eigenvalue weighted by Gasteiger charge is -2.06. The van der Waals surface area contributed by atoms with Gasteiger partial charge in [-0.05, 0) is 30.2 Å². The number of aryl methyl sites for hydroxylation is 1. The molecule has 1 N–H and O–H groups in total. The van der Waals surface area contributed by atoms with Crippen molar-refractivity contribution >= 4 is 10.4 Å². The zero-order valence-electron chi connectivity index (χ0n) is 7.40. The molecule has 0 atom stereocenters. The topological polar surface area (TPSA) is 63.6 Å². The Morgan fingerprint density at radius 3 is 2.64 bits per heavy atom. The monoisotopic (exact) mass is 220 g/mol. The van der Waals surface area contributed by atoms with Crippen molar-refractivity contribution in [3.8, 4) is 5.75 Å². The van der Waals surface area contributed by atoms with E-state index in [2.05, 4.69) is 4.18 Å². The highest BCUT2D eigenvalue weighted by molar-refractivity contribution is 7.81. The zero-order chi connectivity index (χ0) is 10.8. The summed E-state index contributed by atoms with van der Waals surface area (Å²) in [5, 5.41) is 0. The molecule has 4 nitrogen and oxygen atoms in total. The molecule has 0 spiro atoms. The van der Waals surface area contributed by atoms with Crippen molar-refractivity contribution < 1.29 is 21.5 Å². The first-order valence-corrected chi connectivity index (χ1v) is 5.24. The van der Waals surface area contributed by atoms with Crippen LogP contribution in [0.3, 0.4) is 0 Å². The van der Waals surface area contributed by atoms with Crippen molar-refractivity contribution in [3.63, 3.8) is 0 Å². The van der Waals surface area contributed by atoms with E-state index < -0.39 is 16.2 Å². The van der Waals surface area contributed by atoms with Gasteiger partial charge in [-0.15, -0.1) is 0 Å². The van der Waals surface area contributed by atoms with Crippen LogP contribution in [0.15, 0.2) is 18.2 Å². The fourth-order valence-corrected chi connectivity index (χ4v) is 1.41. The summed E-state index contributed by atoms with van der Waals surface area (Å²) in [6, 6.07) is 3.36. The second-order valence-corrected chi connectivity index (χ2v) is 3.64. The molecule has 1 aromatic carbocycles. The van der Waals surface area contributed by atoms with Crippen LogP contribution in [-0.2, 0) is 16.8 Å². The maximum atomic E-state index is 12.7. The zero-order valence-corrected chi connectivity index (χ0v) is 8.21. The Morgan fingerprint density at radius 1 is 1.50 bits per heavy atom. The fraction of sp³-hybridized carbons (Fsp3) is 0.250. The molecule has 0 saturated carbocycles. The van der Waals surface area contributed by atoms with E-state index in [1.165, 1.54) is 0 Å². The first kappa shape index (κ1) is 10.9. The van der Waals surface area contributed by atoms with Crippen LogP contribution in [0.1, 0.15) is 12.5 Å². The molecule has 1 rings (SSSR count). The van der Waals surface area contributed by atoms with E-state index in [1.807, 2.05) is 0 Å². The highest BCUT2D eigenvalue weighted by Gasteiger charge is 2.11. The maximum Gasteiger partial charge on any atom is 0.446 e. The molecule has 0 fully saturated rings. The molecule has 0 amide bonds. The lowest BCUT2D eigenvalue weighted by Crippen LogP contribution is -2.08. The van der Waals surface area contributed by atoms with E-state index >= 15 is 0 Å². The average Bonchev–Trinajstić information content (AvgIpc) is 2.06. The SMILES string of the molecule is CCc1cc(F)ccc1OS(=O)(=O)O. The summed E-state index contributed by atoms with van der Waals surface area (Å²) in [6.07, 6.45) is 0.405. The summed E-state index contributed by atoms with van der Waals surface area (Å²) in [7, 11) is -4.55. The van der Waals surface area contributed by atoms with Crippen LogP contribution in [0.4, 0.5) is 4.39 Å².